The average Bonchev–Trinajstić information content (AvgIpc) is 2.28. The van der Waals surface area contributed by atoms with E-state index >= 15 is 0 Å². The predicted molar refractivity (Wildman–Crippen MR) is 70.2 cm³/mol. The predicted octanol–water partition coefficient (Wildman–Crippen LogP) is 3.20. The molecule has 0 N–H and O–H groups in total. The first kappa shape index (κ1) is 13.0. The van der Waals surface area contributed by atoms with Gasteiger partial charge >= 0.3 is 0 Å². The highest BCUT2D eigenvalue weighted by molar-refractivity contribution is 9.10. The molecule has 0 unspecified atom stereocenters. The van der Waals surface area contributed by atoms with Gasteiger partial charge in [-0.25, -0.2) is 0 Å². The van der Waals surface area contributed by atoms with Crippen molar-refractivity contribution in [1.82, 2.24) is 0 Å². The van der Waals surface area contributed by atoms with Crippen molar-refractivity contribution in [2.45, 2.75) is 5.33 Å². The van der Waals surface area contributed by atoms with E-state index in [1.54, 1.807) is 4.90 Å². The van der Waals surface area contributed by atoms with Crippen molar-refractivity contribution in [3.05, 3.63) is 28.2 Å². The van der Waals surface area contributed by atoms with Crippen molar-refractivity contribution in [2.75, 3.05) is 18.0 Å². The number of halogens is 2. The van der Waals surface area contributed by atoms with Gasteiger partial charge in [0.25, 0.3) is 0 Å². The molecule has 1 aromatic rings. The lowest BCUT2D eigenvalue weighted by Gasteiger charge is -2.21. The molecule has 82 valence electrons. The highest BCUT2D eigenvalue weighted by Gasteiger charge is 2.10. The zero-order chi connectivity index (χ0) is 12.0. The van der Waals surface area contributed by atoms with E-state index in [0.29, 0.717) is 5.33 Å². The minimum absolute atomic E-state index is 0.217. The molecule has 0 radical (unpaired) electrons. The summed E-state index contributed by atoms with van der Waals surface area (Å²) in [5, 5.41) is 18.1. The Morgan fingerprint density at radius 1 is 1.19 bits per heavy atom. The number of anilines is 1. The number of alkyl halides is 1. The van der Waals surface area contributed by atoms with Gasteiger partial charge in [0.05, 0.1) is 12.1 Å². The molecular formula is C11H9Br2N3. The zero-order valence-corrected chi connectivity index (χ0v) is 11.6. The summed E-state index contributed by atoms with van der Waals surface area (Å²) >= 11 is 6.79. The molecule has 1 rings (SSSR count). The van der Waals surface area contributed by atoms with Crippen LogP contribution in [0.4, 0.5) is 5.69 Å². The van der Waals surface area contributed by atoms with Gasteiger partial charge in [-0.3, -0.25) is 0 Å². The second-order valence-corrected chi connectivity index (χ2v) is 4.56. The van der Waals surface area contributed by atoms with E-state index in [4.69, 9.17) is 10.5 Å². The van der Waals surface area contributed by atoms with Gasteiger partial charge in [-0.1, -0.05) is 31.9 Å². The van der Waals surface area contributed by atoms with Crippen LogP contribution in [0.25, 0.3) is 0 Å². The monoisotopic (exact) mass is 341 g/mol. The Morgan fingerprint density at radius 3 is 2.31 bits per heavy atom. The second kappa shape index (κ2) is 6.52. The molecule has 0 spiro atoms. The number of hydrogen-bond donors (Lipinski definition) is 0. The first-order chi connectivity index (χ1) is 7.72. The minimum Gasteiger partial charge on any atom is -0.345 e. The Balaban J connectivity index is 3.09. The van der Waals surface area contributed by atoms with Crippen molar-refractivity contribution < 1.29 is 0 Å². The smallest absolute Gasteiger partial charge is 0.106 e. The van der Waals surface area contributed by atoms with Crippen LogP contribution in [-0.2, 0) is 5.33 Å². The van der Waals surface area contributed by atoms with Crippen molar-refractivity contribution in [3.8, 4) is 12.1 Å². The molecule has 0 fully saturated rings. The molecule has 0 saturated heterocycles. The van der Waals surface area contributed by atoms with Crippen LogP contribution in [0.3, 0.4) is 0 Å². The fraction of sp³-hybridized carbons (Fsp3) is 0.273. The van der Waals surface area contributed by atoms with Gasteiger partial charge in [-0.05, 0) is 23.8 Å². The molecule has 0 atom stereocenters. The number of rotatable bonds is 4. The van der Waals surface area contributed by atoms with E-state index in [2.05, 4.69) is 44.0 Å². The normalized spacial score (nSPS) is 9.25. The molecule has 3 nitrogen and oxygen atoms in total. The van der Waals surface area contributed by atoms with Crippen molar-refractivity contribution in [3.63, 3.8) is 0 Å². The van der Waals surface area contributed by atoms with Crippen molar-refractivity contribution in [2.24, 2.45) is 0 Å². The molecule has 1 aromatic carbocycles. The Morgan fingerprint density at radius 2 is 1.81 bits per heavy atom. The topological polar surface area (TPSA) is 50.8 Å². The van der Waals surface area contributed by atoms with Crippen LogP contribution in [0.1, 0.15) is 5.56 Å². The Hall–Kier alpha value is -1.04. The maximum Gasteiger partial charge on any atom is 0.106 e. The van der Waals surface area contributed by atoms with Crippen LogP contribution in [0, 0.1) is 22.7 Å². The summed E-state index contributed by atoms with van der Waals surface area (Å²) in [5.74, 6) is 0. The van der Waals surface area contributed by atoms with Gasteiger partial charge in [0.2, 0.25) is 0 Å². The van der Waals surface area contributed by atoms with Crippen LogP contribution >= 0.6 is 31.9 Å². The van der Waals surface area contributed by atoms with Gasteiger partial charge < -0.3 is 4.90 Å². The molecule has 0 heterocycles. The lowest BCUT2D eigenvalue weighted by Crippen LogP contribution is -2.24. The zero-order valence-electron chi connectivity index (χ0n) is 8.45. The lowest BCUT2D eigenvalue weighted by atomic mass is 10.2. The number of nitriles is 2. The summed E-state index contributed by atoms with van der Waals surface area (Å²) in [7, 11) is 0. The van der Waals surface area contributed by atoms with Crippen LogP contribution in [-0.4, -0.2) is 13.1 Å². The third-order valence-corrected chi connectivity index (χ3v) is 3.15. The molecule has 0 aromatic heterocycles. The lowest BCUT2D eigenvalue weighted by molar-refractivity contribution is 0.958. The summed E-state index contributed by atoms with van der Waals surface area (Å²) in [6.45, 7) is 0.435. The fourth-order valence-electron chi connectivity index (χ4n) is 1.37. The summed E-state index contributed by atoms with van der Waals surface area (Å²) in [5.41, 5.74) is 1.98. The maximum absolute atomic E-state index is 8.72. The first-order valence-electron chi connectivity index (χ1n) is 4.56. The van der Waals surface area contributed by atoms with Gasteiger partial charge in [0, 0.05) is 15.5 Å². The minimum atomic E-state index is 0.217. The molecule has 0 amide bonds. The molecule has 0 bridgehead atoms. The van der Waals surface area contributed by atoms with Gasteiger partial charge in [0.15, 0.2) is 0 Å². The van der Waals surface area contributed by atoms with E-state index in [1.165, 1.54) is 0 Å². The highest BCUT2D eigenvalue weighted by Crippen LogP contribution is 2.26. The van der Waals surface area contributed by atoms with Crippen LogP contribution < -0.4 is 4.90 Å². The third-order valence-electron chi connectivity index (χ3n) is 2.05. The number of benzene rings is 1. The molecule has 0 saturated carbocycles. The molecule has 0 aliphatic heterocycles. The molecule has 0 aliphatic carbocycles. The fourth-order valence-corrected chi connectivity index (χ4v) is 2.22. The largest absolute Gasteiger partial charge is 0.345 e. The summed E-state index contributed by atoms with van der Waals surface area (Å²) < 4.78 is 0.986. The Bertz CT molecular complexity index is 430. The summed E-state index contributed by atoms with van der Waals surface area (Å²) in [6.07, 6.45) is 0. The van der Waals surface area contributed by atoms with Crippen molar-refractivity contribution >= 4 is 37.5 Å². The van der Waals surface area contributed by atoms with E-state index in [9.17, 15) is 0 Å². The van der Waals surface area contributed by atoms with E-state index in [-0.39, 0.29) is 13.1 Å². The third kappa shape index (κ3) is 3.23. The van der Waals surface area contributed by atoms with E-state index in [1.807, 2.05) is 18.2 Å². The Kier molecular flexibility index (Phi) is 5.31. The second-order valence-electron chi connectivity index (χ2n) is 3.08. The molecular weight excluding hydrogens is 334 g/mol. The highest BCUT2D eigenvalue weighted by atomic mass is 79.9. The molecule has 0 aliphatic rings. The van der Waals surface area contributed by atoms with Gasteiger partial charge in [0.1, 0.15) is 13.1 Å². The molecule has 5 heteroatoms. The first-order valence-corrected chi connectivity index (χ1v) is 6.47. The average molecular weight is 343 g/mol. The maximum atomic E-state index is 8.72. The molecule has 16 heavy (non-hydrogen) atoms. The van der Waals surface area contributed by atoms with Crippen LogP contribution in [0.2, 0.25) is 0 Å². The number of nitrogens with zero attached hydrogens (tertiary/aromatic N) is 3. The van der Waals surface area contributed by atoms with Gasteiger partial charge in [-0.2, -0.15) is 10.5 Å². The van der Waals surface area contributed by atoms with E-state index in [0.717, 1.165) is 15.7 Å². The standard InChI is InChI=1S/C11H9Br2N3/c12-8-9-7-10(13)1-2-11(9)16(5-3-14)6-4-15/h1-2,7H,5-6,8H2. The van der Waals surface area contributed by atoms with Crippen LogP contribution in [0.5, 0.6) is 0 Å². The Labute approximate surface area is 112 Å². The number of hydrogen-bond acceptors (Lipinski definition) is 3. The SMILES string of the molecule is N#CCN(CC#N)c1ccc(Br)cc1CBr. The van der Waals surface area contributed by atoms with Gasteiger partial charge in [-0.15, -0.1) is 0 Å². The summed E-state index contributed by atoms with van der Waals surface area (Å²) in [6, 6.07) is 9.93. The van der Waals surface area contributed by atoms with E-state index < -0.39 is 0 Å². The van der Waals surface area contributed by atoms with Crippen molar-refractivity contribution in [1.29, 1.82) is 10.5 Å². The quantitative estimate of drug-likeness (QED) is 0.623. The van der Waals surface area contributed by atoms with Crippen LogP contribution in [0.15, 0.2) is 22.7 Å². The summed E-state index contributed by atoms with van der Waals surface area (Å²) in [4.78, 5) is 1.75.